The molecule has 2 aromatic rings. The second-order valence-corrected chi connectivity index (χ2v) is 6.28. The van der Waals surface area contributed by atoms with Crippen LogP contribution in [-0.4, -0.2) is 39.2 Å². The molecule has 1 aromatic heterocycles. The summed E-state index contributed by atoms with van der Waals surface area (Å²) in [5.41, 5.74) is -0.434. The fourth-order valence-electron chi connectivity index (χ4n) is 3.25. The molecule has 0 amide bonds. The van der Waals surface area contributed by atoms with Crippen molar-refractivity contribution in [3.05, 3.63) is 53.6 Å². The molecule has 1 aliphatic rings. The number of aryl methyl sites for hydroxylation is 1. The summed E-state index contributed by atoms with van der Waals surface area (Å²) >= 11 is 0. The van der Waals surface area contributed by atoms with E-state index in [4.69, 9.17) is 0 Å². The molecule has 2 atom stereocenters. The lowest BCUT2D eigenvalue weighted by Gasteiger charge is -2.21. The van der Waals surface area contributed by atoms with Crippen LogP contribution in [0.1, 0.15) is 35.4 Å². The standard InChI is InChI=1S/C17H20F3N3O/c1-22-8-6-21-16(22)13-5-7-23(10-13)11-15(24)12-3-2-4-14(9-12)17(18,19)20/h2-4,6,8-9,13,15,24H,5,7,10-11H2,1H3. The first-order valence-corrected chi connectivity index (χ1v) is 7.89. The van der Waals surface area contributed by atoms with E-state index >= 15 is 0 Å². The predicted octanol–water partition coefficient (Wildman–Crippen LogP) is 2.96. The topological polar surface area (TPSA) is 41.3 Å². The molecule has 1 N–H and O–H groups in total. The largest absolute Gasteiger partial charge is 0.416 e. The zero-order valence-corrected chi connectivity index (χ0v) is 13.4. The van der Waals surface area contributed by atoms with E-state index in [9.17, 15) is 18.3 Å². The smallest absolute Gasteiger partial charge is 0.387 e. The SMILES string of the molecule is Cn1ccnc1C1CCN(CC(O)c2cccc(C(F)(F)F)c2)C1. The van der Waals surface area contributed by atoms with Crippen molar-refractivity contribution in [1.29, 1.82) is 0 Å². The zero-order chi connectivity index (χ0) is 17.3. The van der Waals surface area contributed by atoms with Gasteiger partial charge in [0.2, 0.25) is 0 Å². The molecule has 24 heavy (non-hydrogen) atoms. The lowest BCUT2D eigenvalue weighted by molar-refractivity contribution is -0.137. The number of aliphatic hydroxyl groups excluding tert-OH is 1. The van der Waals surface area contributed by atoms with Gasteiger partial charge in [0, 0.05) is 38.4 Å². The molecular weight excluding hydrogens is 319 g/mol. The van der Waals surface area contributed by atoms with Gasteiger partial charge in [0.1, 0.15) is 5.82 Å². The molecule has 4 nitrogen and oxygen atoms in total. The van der Waals surface area contributed by atoms with Crippen molar-refractivity contribution in [1.82, 2.24) is 14.5 Å². The van der Waals surface area contributed by atoms with Crippen molar-refractivity contribution in [2.45, 2.75) is 24.6 Å². The van der Waals surface area contributed by atoms with Crippen LogP contribution >= 0.6 is 0 Å². The van der Waals surface area contributed by atoms with E-state index in [0.717, 1.165) is 37.5 Å². The van der Waals surface area contributed by atoms with Gasteiger partial charge in [0.15, 0.2) is 0 Å². The average Bonchev–Trinajstić information content (AvgIpc) is 3.15. The Labute approximate surface area is 138 Å². The number of imidazole rings is 1. The molecule has 0 aliphatic carbocycles. The minimum atomic E-state index is -4.40. The molecule has 2 unspecified atom stereocenters. The van der Waals surface area contributed by atoms with Gasteiger partial charge in [-0.3, -0.25) is 4.90 Å². The zero-order valence-electron chi connectivity index (χ0n) is 13.4. The number of rotatable bonds is 4. The molecular formula is C17H20F3N3O. The van der Waals surface area contributed by atoms with Crippen LogP contribution in [0.2, 0.25) is 0 Å². The monoisotopic (exact) mass is 339 g/mol. The third kappa shape index (κ3) is 3.62. The molecule has 0 spiro atoms. The first-order valence-electron chi connectivity index (χ1n) is 7.89. The van der Waals surface area contributed by atoms with Crippen molar-refractivity contribution in [3.63, 3.8) is 0 Å². The highest BCUT2D eigenvalue weighted by Gasteiger charge is 2.32. The van der Waals surface area contributed by atoms with Gasteiger partial charge in [0.05, 0.1) is 11.7 Å². The van der Waals surface area contributed by atoms with E-state index in [-0.39, 0.29) is 0 Å². The third-order valence-corrected chi connectivity index (χ3v) is 4.53. The number of aliphatic hydroxyl groups is 1. The van der Waals surface area contributed by atoms with Gasteiger partial charge in [-0.25, -0.2) is 4.98 Å². The highest BCUT2D eigenvalue weighted by Crippen LogP contribution is 2.32. The summed E-state index contributed by atoms with van der Waals surface area (Å²) in [4.78, 5) is 6.43. The molecule has 0 radical (unpaired) electrons. The molecule has 1 fully saturated rings. The fourth-order valence-corrected chi connectivity index (χ4v) is 3.25. The van der Waals surface area contributed by atoms with Gasteiger partial charge in [0.25, 0.3) is 0 Å². The highest BCUT2D eigenvalue weighted by molar-refractivity contribution is 5.27. The normalized spacial score (nSPS) is 20.5. The van der Waals surface area contributed by atoms with Crippen LogP contribution in [-0.2, 0) is 13.2 Å². The lowest BCUT2D eigenvalue weighted by Crippen LogP contribution is -2.26. The van der Waals surface area contributed by atoms with Crippen LogP contribution in [0.4, 0.5) is 13.2 Å². The maximum Gasteiger partial charge on any atom is 0.416 e. The van der Waals surface area contributed by atoms with Crippen LogP contribution in [0.3, 0.4) is 0 Å². The summed E-state index contributed by atoms with van der Waals surface area (Å²) in [5, 5.41) is 10.3. The van der Waals surface area contributed by atoms with Gasteiger partial charge in [-0.1, -0.05) is 12.1 Å². The van der Waals surface area contributed by atoms with Crippen molar-refractivity contribution in [2.24, 2.45) is 7.05 Å². The molecule has 1 saturated heterocycles. The van der Waals surface area contributed by atoms with Crippen molar-refractivity contribution in [3.8, 4) is 0 Å². The summed E-state index contributed by atoms with van der Waals surface area (Å²) in [7, 11) is 1.95. The predicted molar refractivity (Wildman–Crippen MR) is 83.4 cm³/mol. The summed E-state index contributed by atoms with van der Waals surface area (Å²) in [5.74, 6) is 1.30. The number of alkyl halides is 3. The molecule has 3 rings (SSSR count). The number of likely N-dealkylation sites (tertiary alicyclic amines) is 1. The fraction of sp³-hybridized carbons (Fsp3) is 0.471. The Hall–Kier alpha value is -1.86. The summed E-state index contributed by atoms with van der Waals surface area (Å²) in [6, 6.07) is 4.91. The van der Waals surface area contributed by atoms with Gasteiger partial charge >= 0.3 is 6.18 Å². The number of aromatic nitrogens is 2. The van der Waals surface area contributed by atoms with E-state index < -0.39 is 17.8 Å². The minimum absolute atomic E-state index is 0.290. The number of benzene rings is 1. The minimum Gasteiger partial charge on any atom is -0.387 e. The second-order valence-electron chi connectivity index (χ2n) is 6.28. The van der Waals surface area contributed by atoms with E-state index in [2.05, 4.69) is 9.88 Å². The van der Waals surface area contributed by atoms with Crippen LogP contribution in [0.15, 0.2) is 36.7 Å². The van der Waals surface area contributed by atoms with E-state index in [1.165, 1.54) is 12.1 Å². The number of hydrogen-bond donors (Lipinski definition) is 1. The molecule has 0 bridgehead atoms. The molecule has 130 valence electrons. The van der Waals surface area contributed by atoms with Gasteiger partial charge in [-0.15, -0.1) is 0 Å². The molecule has 7 heteroatoms. The number of β-amino-alcohol motifs (C(OH)–C–C–N with tert-alkyl or cyclic N) is 1. The van der Waals surface area contributed by atoms with E-state index in [1.54, 1.807) is 6.20 Å². The lowest BCUT2D eigenvalue weighted by atomic mass is 10.1. The van der Waals surface area contributed by atoms with E-state index in [0.29, 0.717) is 18.0 Å². The quantitative estimate of drug-likeness (QED) is 0.931. The van der Waals surface area contributed by atoms with Crippen LogP contribution in [0.5, 0.6) is 0 Å². The van der Waals surface area contributed by atoms with Crippen LogP contribution in [0, 0.1) is 0 Å². The number of halogens is 3. The van der Waals surface area contributed by atoms with Gasteiger partial charge in [-0.05, 0) is 30.7 Å². The van der Waals surface area contributed by atoms with Crippen molar-refractivity contribution >= 4 is 0 Å². The molecule has 0 saturated carbocycles. The van der Waals surface area contributed by atoms with Gasteiger partial charge in [-0.2, -0.15) is 13.2 Å². The van der Waals surface area contributed by atoms with Crippen LogP contribution in [0.25, 0.3) is 0 Å². The summed E-state index contributed by atoms with van der Waals surface area (Å²) in [6.07, 6.45) is -0.745. The maximum absolute atomic E-state index is 12.8. The first kappa shape index (κ1) is 17.0. The highest BCUT2D eigenvalue weighted by atomic mass is 19.4. The average molecular weight is 339 g/mol. The second kappa shape index (κ2) is 6.57. The number of hydrogen-bond acceptors (Lipinski definition) is 3. The molecule has 1 aromatic carbocycles. The Balaban J connectivity index is 1.64. The maximum atomic E-state index is 12.8. The Morgan fingerprint density at radius 3 is 2.83 bits per heavy atom. The molecule has 2 heterocycles. The Morgan fingerprint density at radius 1 is 1.38 bits per heavy atom. The molecule has 1 aliphatic heterocycles. The summed E-state index contributed by atoms with van der Waals surface area (Å²) in [6.45, 7) is 1.87. The summed E-state index contributed by atoms with van der Waals surface area (Å²) < 4.78 is 40.3. The Bertz CT molecular complexity index is 698. The number of nitrogens with zero attached hydrogens (tertiary/aromatic N) is 3. The Kier molecular flexibility index (Phi) is 4.64. The van der Waals surface area contributed by atoms with Crippen molar-refractivity contribution < 1.29 is 18.3 Å². The van der Waals surface area contributed by atoms with Gasteiger partial charge < -0.3 is 9.67 Å². The van der Waals surface area contributed by atoms with Crippen LogP contribution < -0.4 is 0 Å². The Morgan fingerprint density at radius 2 is 2.17 bits per heavy atom. The first-order chi connectivity index (χ1) is 11.3. The third-order valence-electron chi connectivity index (χ3n) is 4.53. The van der Waals surface area contributed by atoms with E-state index in [1.807, 2.05) is 17.8 Å². The van der Waals surface area contributed by atoms with Crippen molar-refractivity contribution in [2.75, 3.05) is 19.6 Å².